The van der Waals surface area contributed by atoms with Crippen LogP contribution in [0.2, 0.25) is 0 Å². The molecule has 8 nitrogen and oxygen atoms in total. The first kappa shape index (κ1) is 26.6. The number of halogens is 3. The van der Waals surface area contributed by atoms with Crippen LogP contribution in [0, 0.1) is 0 Å². The number of nitrogens with zero attached hydrogens (tertiary/aromatic N) is 4. The summed E-state index contributed by atoms with van der Waals surface area (Å²) in [4.78, 5) is 23.9. The van der Waals surface area contributed by atoms with E-state index in [0.717, 1.165) is 36.7 Å². The fourth-order valence-corrected chi connectivity index (χ4v) is 7.71. The van der Waals surface area contributed by atoms with E-state index in [2.05, 4.69) is 33.3 Å². The molecule has 2 aliphatic heterocycles. The van der Waals surface area contributed by atoms with Crippen molar-refractivity contribution in [3.05, 3.63) is 51.5 Å². The maximum absolute atomic E-state index is 14.0. The Morgan fingerprint density at radius 1 is 1.13 bits per heavy atom. The minimum Gasteiger partial charge on any atom is -0.340 e. The van der Waals surface area contributed by atoms with Gasteiger partial charge in [-0.2, -0.15) is 13.2 Å². The zero-order valence-electron chi connectivity index (χ0n) is 21.0. The molecule has 3 aromatic rings. The summed E-state index contributed by atoms with van der Waals surface area (Å²) in [5, 5.41) is 3.09. The highest BCUT2D eigenvalue weighted by Crippen LogP contribution is 2.42. The number of likely N-dealkylation sites (N-methyl/N-ethyl adjacent to an activating group) is 1. The van der Waals surface area contributed by atoms with Gasteiger partial charge in [-0.25, -0.2) is 18.4 Å². The van der Waals surface area contributed by atoms with Crippen molar-refractivity contribution in [1.82, 2.24) is 19.8 Å². The van der Waals surface area contributed by atoms with Gasteiger partial charge in [0, 0.05) is 38.6 Å². The van der Waals surface area contributed by atoms with E-state index in [9.17, 15) is 26.4 Å². The van der Waals surface area contributed by atoms with Gasteiger partial charge in [-0.15, -0.1) is 11.3 Å². The molecule has 0 saturated carbocycles. The van der Waals surface area contributed by atoms with E-state index in [4.69, 9.17) is 0 Å². The van der Waals surface area contributed by atoms with Gasteiger partial charge in [0.1, 0.15) is 10.4 Å². The molecular weight excluding hydrogens is 539 g/mol. The molecular formula is C25H26F3N5O3S2. The van der Waals surface area contributed by atoms with Crippen LogP contribution in [0.15, 0.2) is 29.3 Å². The summed E-state index contributed by atoms with van der Waals surface area (Å²) in [5.74, 6) is -0.911. The number of sulfone groups is 1. The lowest BCUT2D eigenvalue weighted by atomic mass is 9.95. The lowest BCUT2D eigenvalue weighted by Crippen LogP contribution is -2.27. The molecule has 0 atom stereocenters. The minimum atomic E-state index is -4.79. The maximum atomic E-state index is 14.0. The van der Waals surface area contributed by atoms with Crippen molar-refractivity contribution in [2.45, 2.75) is 37.4 Å². The Morgan fingerprint density at radius 3 is 2.61 bits per heavy atom. The zero-order chi connectivity index (χ0) is 27.4. The quantitative estimate of drug-likeness (QED) is 0.502. The molecule has 0 spiro atoms. The van der Waals surface area contributed by atoms with Crippen LogP contribution in [0.1, 0.15) is 38.8 Å². The number of nitrogens with one attached hydrogen (secondary N) is 1. The zero-order valence-corrected chi connectivity index (χ0v) is 22.6. The molecule has 0 aliphatic carbocycles. The van der Waals surface area contributed by atoms with Crippen molar-refractivity contribution in [3.8, 4) is 10.6 Å². The van der Waals surface area contributed by atoms with Gasteiger partial charge in [0.05, 0.1) is 21.2 Å². The number of aryl methyl sites for hydroxylation is 1. The highest BCUT2D eigenvalue weighted by molar-refractivity contribution is 7.91. The van der Waals surface area contributed by atoms with Crippen molar-refractivity contribution >= 4 is 38.7 Å². The van der Waals surface area contributed by atoms with E-state index in [1.807, 2.05) is 13.0 Å². The molecule has 0 fully saturated rings. The number of aromatic nitrogens is 2. The van der Waals surface area contributed by atoms with Crippen molar-refractivity contribution in [2.75, 3.05) is 38.3 Å². The van der Waals surface area contributed by atoms with Crippen molar-refractivity contribution in [2.24, 2.45) is 0 Å². The first-order chi connectivity index (χ1) is 17.9. The number of alkyl halides is 3. The number of rotatable bonds is 4. The standard InChI is InChI=1S/C25H26F3N5O3S2/c1-4-14-9-16-13-32(2)6-5-15(16)10-18(14)30-24-29-12-17(25(26,27)28)21(31-24)19-11-20-22(37-19)23(34)33(3)7-8-38(20,35)36/h9-12H,4-8,13H2,1-3H3,(H,29,30,31). The van der Waals surface area contributed by atoms with Crippen molar-refractivity contribution in [1.29, 1.82) is 0 Å². The first-order valence-electron chi connectivity index (χ1n) is 12.0. The molecule has 4 heterocycles. The number of carbonyl (C=O) groups is 1. The molecule has 1 N–H and O–H groups in total. The van der Waals surface area contributed by atoms with Crippen molar-refractivity contribution in [3.63, 3.8) is 0 Å². The number of fused-ring (bicyclic) bond motifs is 2. The Morgan fingerprint density at radius 2 is 1.89 bits per heavy atom. The lowest BCUT2D eigenvalue weighted by molar-refractivity contribution is -0.137. The topological polar surface area (TPSA) is 95.5 Å². The average Bonchev–Trinajstić information content (AvgIpc) is 3.29. The van der Waals surface area contributed by atoms with E-state index in [-0.39, 0.29) is 32.9 Å². The van der Waals surface area contributed by atoms with Crippen LogP contribution in [-0.2, 0) is 35.4 Å². The molecule has 202 valence electrons. The average molecular weight is 566 g/mol. The third-order valence-corrected chi connectivity index (χ3v) is 9.82. The highest BCUT2D eigenvalue weighted by atomic mass is 32.2. The summed E-state index contributed by atoms with van der Waals surface area (Å²) >= 11 is 0.695. The third-order valence-electron chi connectivity index (χ3n) is 6.85. The van der Waals surface area contributed by atoms with E-state index < -0.39 is 33.2 Å². The Hall–Kier alpha value is -3.03. The number of thiophene rings is 1. The molecule has 1 amide bonds. The van der Waals surface area contributed by atoms with Gasteiger partial charge >= 0.3 is 6.18 Å². The van der Waals surface area contributed by atoms with Gasteiger partial charge in [-0.3, -0.25) is 4.79 Å². The monoisotopic (exact) mass is 565 g/mol. The van der Waals surface area contributed by atoms with E-state index in [1.165, 1.54) is 17.5 Å². The summed E-state index contributed by atoms with van der Waals surface area (Å²) < 4.78 is 67.5. The number of amides is 1. The van der Waals surface area contributed by atoms with Crippen LogP contribution in [0.3, 0.4) is 0 Å². The normalized spacial score (nSPS) is 17.6. The SMILES string of the molecule is CCc1cc2c(cc1Nc1ncc(C(F)(F)F)c(-c3cc4c(s3)C(=O)N(C)CCS4(=O)=O)n1)CCN(C)C2. The number of hydrogen-bond acceptors (Lipinski definition) is 8. The largest absolute Gasteiger partial charge is 0.420 e. The van der Waals surface area contributed by atoms with E-state index >= 15 is 0 Å². The summed E-state index contributed by atoms with van der Waals surface area (Å²) in [6, 6.07) is 5.22. The third kappa shape index (κ3) is 4.90. The molecule has 0 bridgehead atoms. The molecule has 38 heavy (non-hydrogen) atoms. The molecule has 0 saturated heterocycles. The number of anilines is 2. The summed E-state index contributed by atoms with van der Waals surface area (Å²) in [5.41, 5.74) is 2.48. The second-order valence-corrected chi connectivity index (χ2v) is 12.7. The number of benzene rings is 1. The predicted molar refractivity (Wildman–Crippen MR) is 139 cm³/mol. The molecule has 0 unspecified atom stereocenters. The Labute approximate surface area is 222 Å². The summed E-state index contributed by atoms with van der Waals surface area (Å²) in [7, 11) is -0.341. The van der Waals surface area contributed by atoms with Crippen LogP contribution in [0.5, 0.6) is 0 Å². The van der Waals surface area contributed by atoms with Crippen LogP contribution < -0.4 is 5.32 Å². The maximum Gasteiger partial charge on any atom is 0.420 e. The Balaban J connectivity index is 1.60. The summed E-state index contributed by atoms with van der Waals surface area (Å²) in [6.45, 7) is 3.72. The van der Waals surface area contributed by atoms with Gasteiger partial charge < -0.3 is 15.1 Å². The van der Waals surface area contributed by atoms with Crippen LogP contribution >= 0.6 is 11.3 Å². The number of hydrogen-bond donors (Lipinski definition) is 1. The number of carbonyl (C=O) groups excluding carboxylic acids is 1. The van der Waals surface area contributed by atoms with Crippen LogP contribution in [0.25, 0.3) is 10.6 Å². The summed E-state index contributed by atoms with van der Waals surface area (Å²) in [6.07, 6.45) is -2.56. The smallest absolute Gasteiger partial charge is 0.340 e. The second-order valence-electron chi connectivity index (χ2n) is 9.55. The van der Waals surface area contributed by atoms with Gasteiger partial charge in [0.15, 0.2) is 9.84 Å². The molecule has 13 heteroatoms. The first-order valence-corrected chi connectivity index (χ1v) is 14.5. The van der Waals surface area contributed by atoms with Crippen molar-refractivity contribution < 1.29 is 26.4 Å². The molecule has 2 aliphatic rings. The van der Waals surface area contributed by atoms with Crippen LogP contribution in [-0.4, -0.2) is 67.0 Å². The predicted octanol–water partition coefficient (Wildman–Crippen LogP) is 4.38. The minimum absolute atomic E-state index is 0.00407. The van der Waals surface area contributed by atoms with E-state index in [1.54, 1.807) is 0 Å². The van der Waals surface area contributed by atoms with Gasteiger partial charge in [0.25, 0.3) is 5.91 Å². The lowest BCUT2D eigenvalue weighted by Gasteiger charge is -2.26. The fourth-order valence-electron chi connectivity index (χ4n) is 4.68. The fraction of sp³-hybridized carbons (Fsp3) is 0.400. The molecule has 2 aromatic heterocycles. The second kappa shape index (κ2) is 9.62. The van der Waals surface area contributed by atoms with Gasteiger partial charge in [-0.1, -0.05) is 13.0 Å². The highest BCUT2D eigenvalue weighted by Gasteiger charge is 2.38. The Kier molecular flexibility index (Phi) is 6.72. The molecule has 5 rings (SSSR count). The Bertz CT molecular complexity index is 1540. The van der Waals surface area contributed by atoms with E-state index in [0.29, 0.717) is 29.6 Å². The molecule has 0 radical (unpaired) electrons. The molecule has 1 aromatic carbocycles. The van der Waals surface area contributed by atoms with Gasteiger partial charge in [0.2, 0.25) is 5.95 Å². The van der Waals surface area contributed by atoms with Gasteiger partial charge in [-0.05, 0) is 48.7 Å². The van der Waals surface area contributed by atoms with Crippen LogP contribution in [0.4, 0.5) is 24.8 Å².